The Hall–Kier alpha value is -1.96. The van der Waals surface area contributed by atoms with Crippen LogP contribution >= 0.6 is 11.3 Å². The largest absolute Gasteiger partial charge is 0.476 e. The molecular weight excluding hydrogens is 242 g/mol. The number of hydrogen-bond donors (Lipinski definition) is 2. The second-order valence-corrected chi connectivity index (χ2v) is 4.15. The van der Waals surface area contributed by atoms with Crippen molar-refractivity contribution in [3.05, 3.63) is 23.5 Å². The number of aryl methyl sites for hydroxylation is 1. The van der Waals surface area contributed by atoms with Crippen molar-refractivity contribution in [2.24, 2.45) is 0 Å². The lowest BCUT2D eigenvalue weighted by Crippen LogP contribution is -2.07. The Labute approximate surface area is 101 Å². The highest BCUT2D eigenvalue weighted by atomic mass is 32.1. The number of carboxylic acid groups (broad SMARTS) is 1. The van der Waals surface area contributed by atoms with Gasteiger partial charge in [-0.05, 0) is 6.42 Å². The lowest BCUT2D eigenvalue weighted by molar-refractivity contribution is 0.0691. The number of aromatic nitrogens is 4. The van der Waals surface area contributed by atoms with Crippen LogP contribution in [0.3, 0.4) is 0 Å². The molecule has 0 radical (unpaired) electrons. The number of aromatic carboxylic acids is 1. The van der Waals surface area contributed by atoms with Crippen LogP contribution in [0.2, 0.25) is 0 Å². The average Bonchev–Trinajstić information content (AvgIpc) is 2.96. The van der Waals surface area contributed by atoms with Gasteiger partial charge < -0.3 is 10.4 Å². The molecule has 0 saturated carbocycles. The van der Waals surface area contributed by atoms with E-state index in [2.05, 4.69) is 20.6 Å². The maximum Gasteiger partial charge on any atom is 0.355 e. The molecule has 0 amide bonds. The monoisotopic (exact) mass is 253 g/mol. The zero-order chi connectivity index (χ0) is 12.1. The van der Waals surface area contributed by atoms with E-state index < -0.39 is 5.97 Å². The second-order valence-electron chi connectivity index (χ2n) is 3.29. The van der Waals surface area contributed by atoms with Crippen molar-refractivity contribution < 1.29 is 9.90 Å². The van der Waals surface area contributed by atoms with Gasteiger partial charge in [0, 0.05) is 24.7 Å². The van der Waals surface area contributed by atoms with Crippen LogP contribution in [0.5, 0.6) is 0 Å². The van der Waals surface area contributed by atoms with Crippen molar-refractivity contribution in [3.8, 4) is 0 Å². The summed E-state index contributed by atoms with van der Waals surface area (Å²) in [6.07, 6.45) is 4.30. The molecule has 0 unspecified atom stereocenters. The van der Waals surface area contributed by atoms with Crippen LogP contribution in [-0.4, -0.2) is 37.6 Å². The van der Waals surface area contributed by atoms with E-state index in [1.165, 1.54) is 16.7 Å². The van der Waals surface area contributed by atoms with Gasteiger partial charge in [-0.15, -0.1) is 16.4 Å². The van der Waals surface area contributed by atoms with Crippen LogP contribution in [0, 0.1) is 0 Å². The minimum atomic E-state index is -1.00. The number of rotatable bonds is 6. The molecule has 8 heteroatoms. The van der Waals surface area contributed by atoms with Gasteiger partial charge >= 0.3 is 5.97 Å². The zero-order valence-electron chi connectivity index (χ0n) is 8.91. The van der Waals surface area contributed by atoms with Crippen molar-refractivity contribution in [1.29, 1.82) is 0 Å². The summed E-state index contributed by atoms with van der Waals surface area (Å²) in [4.78, 5) is 14.5. The molecule has 90 valence electrons. The summed E-state index contributed by atoms with van der Waals surface area (Å²) in [5.74, 6) is -1.00. The summed E-state index contributed by atoms with van der Waals surface area (Å²) >= 11 is 1.29. The van der Waals surface area contributed by atoms with E-state index in [9.17, 15) is 4.79 Å². The van der Waals surface area contributed by atoms with Gasteiger partial charge in [0.25, 0.3) is 0 Å². The van der Waals surface area contributed by atoms with Crippen molar-refractivity contribution in [2.75, 3.05) is 11.9 Å². The Morgan fingerprint density at radius 1 is 1.59 bits per heavy atom. The quantitative estimate of drug-likeness (QED) is 0.744. The summed E-state index contributed by atoms with van der Waals surface area (Å²) in [6.45, 7) is 1.48. The SMILES string of the molecule is O=C(O)c1csc(NCCCn2ccnn2)n1. The topological polar surface area (TPSA) is 92.9 Å². The first-order valence-electron chi connectivity index (χ1n) is 5.02. The Morgan fingerprint density at radius 3 is 3.12 bits per heavy atom. The van der Waals surface area contributed by atoms with E-state index >= 15 is 0 Å². The van der Waals surface area contributed by atoms with Gasteiger partial charge in [0.1, 0.15) is 0 Å². The number of hydrogen-bond acceptors (Lipinski definition) is 6. The molecule has 0 aliphatic rings. The molecule has 7 nitrogen and oxygen atoms in total. The molecule has 0 spiro atoms. The van der Waals surface area contributed by atoms with Gasteiger partial charge in [-0.3, -0.25) is 4.68 Å². The van der Waals surface area contributed by atoms with Crippen LogP contribution in [0.1, 0.15) is 16.9 Å². The fraction of sp³-hybridized carbons (Fsp3) is 0.333. The van der Waals surface area contributed by atoms with E-state index in [-0.39, 0.29) is 5.69 Å². The highest BCUT2D eigenvalue weighted by Gasteiger charge is 2.07. The molecule has 2 aromatic heterocycles. The number of nitrogens with zero attached hydrogens (tertiary/aromatic N) is 4. The highest BCUT2D eigenvalue weighted by Crippen LogP contribution is 2.14. The van der Waals surface area contributed by atoms with Crippen molar-refractivity contribution in [2.45, 2.75) is 13.0 Å². The molecule has 2 aromatic rings. The summed E-state index contributed by atoms with van der Waals surface area (Å²) in [7, 11) is 0. The first-order chi connectivity index (χ1) is 8.25. The first-order valence-corrected chi connectivity index (χ1v) is 5.90. The van der Waals surface area contributed by atoms with Crippen LogP contribution in [-0.2, 0) is 6.54 Å². The van der Waals surface area contributed by atoms with Gasteiger partial charge in [-0.25, -0.2) is 9.78 Å². The molecule has 0 aliphatic carbocycles. The Balaban J connectivity index is 1.72. The van der Waals surface area contributed by atoms with Crippen LogP contribution < -0.4 is 5.32 Å². The number of thiazole rings is 1. The molecule has 0 saturated heterocycles. The number of carboxylic acids is 1. The van der Waals surface area contributed by atoms with Crippen molar-refractivity contribution in [1.82, 2.24) is 20.0 Å². The van der Waals surface area contributed by atoms with Gasteiger partial charge in [-0.2, -0.15) is 0 Å². The second kappa shape index (κ2) is 5.39. The third kappa shape index (κ3) is 3.25. The molecule has 0 fully saturated rings. The van der Waals surface area contributed by atoms with Gasteiger partial charge in [0.05, 0.1) is 6.20 Å². The van der Waals surface area contributed by atoms with E-state index in [1.807, 2.05) is 0 Å². The molecule has 0 aliphatic heterocycles. The normalized spacial score (nSPS) is 10.4. The van der Waals surface area contributed by atoms with E-state index in [0.717, 1.165) is 13.0 Å². The van der Waals surface area contributed by atoms with Crippen molar-refractivity contribution in [3.63, 3.8) is 0 Å². The number of anilines is 1. The fourth-order valence-corrected chi connectivity index (χ4v) is 1.95. The molecule has 0 aromatic carbocycles. The maximum absolute atomic E-state index is 10.6. The van der Waals surface area contributed by atoms with E-state index in [1.54, 1.807) is 17.1 Å². The maximum atomic E-state index is 10.6. The predicted octanol–water partition coefficient (Wildman–Crippen LogP) is 0.935. The summed E-state index contributed by atoms with van der Waals surface area (Å²) in [5.41, 5.74) is 0.0776. The Morgan fingerprint density at radius 2 is 2.47 bits per heavy atom. The number of nitrogens with one attached hydrogen (secondary N) is 1. The summed E-state index contributed by atoms with van der Waals surface area (Å²) in [6, 6.07) is 0. The third-order valence-corrected chi connectivity index (χ3v) is 2.84. The van der Waals surface area contributed by atoms with Crippen LogP contribution in [0.25, 0.3) is 0 Å². The highest BCUT2D eigenvalue weighted by molar-refractivity contribution is 7.13. The summed E-state index contributed by atoms with van der Waals surface area (Å²) in [5, 5.41) is 21.4. The fourth-order valence-electron chi connectivity index (χ4n) is 1.24. The van der Waals surface area contributed by atoms with E-state index in [4.69, 9.17) is 5.11 Å². The minimum Gasteiger partial charge on any atom is -0.476 e. The third-order valence-electron chi connectivity index (χ3n) is 2.04. The van der Waals surface area contributed by atoms with Crippen LogP contribution in [0.15, 0.2) is 17.8 Å². The Kier molecular flexibility index (Phi) is 3.66. The first kappa shape index (κ1) is 11.5. The molecule has 0 atom stereocenters. The number of carbonyl (C=O) groups is 1. The molecule has 0 bridgehead atoms. The Bertz CT molecular complexity index is 481. The average molecular weight is 253 g/mol. The smallest absolute Gasteiger partial charge is 0.355 e. The summed E-state index contributed by atoms with van der Waals surface area (Å²) < 4.78 is 1.74. The lowest BCUT2D eigenvalue weighted by atomic mass is 10.4. The molecule has 2 heterocycles. The van der Waals surface area contributed by atoms with Gasteiger partial charge in [0.15, 0.2) is 10.8 Å². The van der Waals surface area contributed by atoms with E-state index in [0.29, 0.717) is 11.7 Å². The molecular formula is C9H11N5O2S. The molecule has 2 rings (SSSR count). The van der Waals surface area contributed by atoms with Gasteiger partial charge in [-0.1, -0.05) is 5.21 Å². The van der Waals surface area contributed by atoms with Gasteiger partial charge in [0.2, 0.25) is 0 Å². The standard InChI is InChI=1S/C9H11N5O2S/c15-8(16)7-6-17-9(12-7)10-2-1-4-14-5-3-11-13-14/h3,5-6H,1-2,4H2,(H,10,12)(H,15,16). The molecule has 2 N–H and O–H groups in total. The van der Waals surface area contributed by atoms with Crippen LogP contribution in [0.4, 0.5) is 5.13 Å². The lowest BCUT2D eigenvalue weighted by Gasteiger charge is -2.01. The van der Waals surface area contributed by atoms with Crippen molar-refractivity contribution >= 4 is 22.4 Å². The predicted molar refractivity (Wildman–Crippen MR) is 62.2 cm³/mol. The molecule has 17 heavy (non-hydrogen) atoms. The minimum absolute atomic E-state index is 0.0776. The zero-order valence-corrected chi connectivity index (χ0v) is 9.72.